The van der Waals surface area contributed by atoms with Crippen molar-refractivity contribution in [1.82, 2.24) is 0 Å². The van der Waals surface area contributed by atoms with E-state index in [4.69, 9.17) is 0 Å². The van der Waals surface area contributed by atoms with Gasteiger partial charge in [0, 0.05) is 5.56 Å². The summed E-state index contributed by atoms with van der Waals surface area (Å²) in [6.07, 6.45) is 5.23. The Balaban J connectivity index is 2.54. The SMILES string of the molecule is C=C/C=C(\C=C)c1cc(-c2ccccc2)ccc1O. The fraction of sp³-hybridized carbons (Fsp3) is 0. The molecule has 0 spiro atoms. The minimum absolute atomic E-state index is 0.243. The zero-order valence-electron chi connectivity index (χ0n) is 10.7. The van der Waals surface area contributed by atoms with Crippen LogP contribution in [0.2, 0.25) is 0 Å². The Morgan fingerprint density at radius 1 is 0.947 bits per heavy atom. The molecule has 19 heavy (non-hydrogen) atoms. The molecule has 0 heterocycles. The Bertz CT molecular complexity index is 621. The first kappa shape index (κ1) is 12.9. The Morgan fingerprint density at radius 2 is 1.68 bits per heavy atom. The molecule has 2 rings (SSSR count). The molecule has 1 N–H and O–H groups in total. The van der Waals surface area contributed by atoms with E-state index in [0.29, 0.717) is 0 Å². The van der Waals surface area contributed by atoms with E-state index in [-0.39, 0.29) is 5.75 Å². The first-order valence-corrected chi connectivity index (χ1v) is 6.10. The summed E-state index contributed by atoms with van der Waals surface area (Å²) in [4.78, 5) is 0. The number of benzene rings is 2. The van der Waals surface area contributed by atoms with E-state index in [1.54, 1.807) is 18.2 Å². The van der Waals surface area contributed by atoms with Crippen molar-refractivity contribution in [3.8, 4) is 16.9 Å². The number of aromatic hydroxyl groups is 1. The molecule has 0 unspecified atom stereocenters. The van der Waals surface area contributed by atoms with Crippen LogP contribution < -0.4 is 0 Å². The van der Waals surface area contributed by atoms with Gasteiger partial charge in [-0.2, -0.15) is 0 Å². The molecule has 0 radical (unpaired) electrons. The van der Waals surface area contributed by atoms with Crippen molar-refractivity contribution in [1.29, 1.82) is 0 Å². The summed E-state index contributed by atoms with van der Waals surface area (Å²) < 4.78 is 0. The van der Waals surface area contributed by atoms with Gasteiger partial charge in [0.05, 0.1) is 0 Å². The Labute approximate surface area is 113 Å². The number of allylic oxidation sites excluding steroid dienone is 4. The van der Waals surface area contributed by atoms with Crippen LogP contribution in [0.4, 0.5) is 0 Å². The molecule has 2 aromatic rings. The molecular weight excluding hydrogens is 232 g/mol. The van der Waals surface area contributed by atoms with E-state index in [9.17, 15) is 5.11 Å². The highest BCUT2D eigenvalue weighted by Crippen LogP contribution is 2.31. The van der Waals surface area contributed by atoms with Crippen molar-refractivity contribution in [3.63, 3.8) is 0 Å². The van der Waals surface area contributed by atoms with Crippen molar-refractivity contribution in [2.24, 2.45) is 0 Å². The molecule has 0 bridgehead atoms. The van der Waals surface area contributed by atoms with E-state index in [1.807, 2.05) is 48.5 Å². The number of hydrogen-bond donors (Lipinski definition) is 1. The van der Waals surface area contributed by atoms with E-state index >= 15 is 0 Å². The van der Waals surface area contributed by atoms with Crippen molar-refractivity contribution in [2.45, 2.75) is 0 Å². The maximum Gasteiger partial charge on any atom is 0.123 e. The van der Waals surface area contributed by atoms with Gasteiger partial charge in [0.15, 0.2) is 0 Å². The van der Waals surface area contributed by atoms with Crippen LogP contribution in [0.3, 0.4) is 0 Å². The van der Waals surface area contributed by atoms with Crippen molar-refractivity contribution < 1.29 is 5.11 Å². The Morgan fingerprint density at radius 3 is 2.32 bits per heavy atom. The largest absolute Gasteiger partial charge is 0.507 e. The molecule has 0 atom stereocenters. The summed E-state index contributed by atoms with van der Waals surface area (Å²) in [5.41, 5.74) is 3.79. The highest BCUT2D eigenvalue weighted by molar-refractivity contribution is 5.81. The van der Waals surface area contributed by atoms with Gasteiger partial charge in [0.25, 0.3) is 0 Å². The van der Waals surface area contributed by atoms with Crippen LogP contribution >= 0.6 is 0 Å². The average molecular weight is 248 g/mol. The highest BCUT2D eigenvalue weighted by atomic mass is 16.3. The molecule has 0 aromatic heterocycles. The van der Waals surface area contributed by atoms with Crippen LogP contribution in [-0.2, 0) is 0 Å². The normalized spacial score (nSPS) is 11.1. The van der Waals surface area contributed by atoms with Gasteiger partial charge in [-0.05, 0) is 28.8 Å². The lowest BCUT2D eigenvalue weighted by Gasteiger charge is -2.09. The summed E-state index contributed by atoms with van der Waals surface area (Å²) >= 11 is 0. The van der Waals surface area contributed by atoms with E-state index in [0.717, 1.165) is 22.3 Å². The fourth-order valence-corrected chi connectivity index (χ4v) is 1.97. The summed E-state index contributed by atoms with van der Waals surface area (Å²) in [5.74, 6) is 0.243. The number of phenolic OH excluding ortho intramolecular Hbond substituents is 1. The van der Waals surface area contributed by atoms with E-state index < -0.39 is 0 Å². The lowest BCUT2D eigenvalue weighted by molar-refractivity contribution is 0.474. The molecular formula is C18H16O. The quantitative estimate of drug-likeness (QED) is 0.769. The Hall–Kier alpha value is -2.54. The minimum atomic E-state index is 0.243. The third-order valence-electron chi connectivity index (χ3n) is 2.93. The van der Waals surface area contributed by atoms with Crippen LogP contribution in [0.1, 0.15) is 5.56 Å². The molecule has 0 aliphatic carbocycles. The van der Waals surface area contributed by atoms with Crippen LogP contribution in [0, 0.1) is 0 Å². The zero-order chi connectivity index (χ0) is 13.7. The molecule has 0 amide bonds. The van der Waals surface area contributed by atoms with Crippen molar-refractivity contribution in [2.75, 3.05) is 0 Å². The summed E-state index contributed by atoms with van der Waals surface area (Å²) in [5, 5.41) is 9.99. The van der Waals surface area contributed by atoms with Gasteiger partial charge in [-0.1, -0.05) is 67.8 Å². The lowest BCUT2D eigenvalue weighted by Crippen LogP contribution is -1.85. The van der Waals surface area contributed by atoms with Crippen molar-refractivity contribution >= 4 is 5.57 Å². The smallest absolute Gasteiger partial charge is 0.123 e. The monoisotopic (exact) mass is 248 g/mol. The molecule has 1 nitrogen and oxygen atoms in total. The molecule has 0 fully saturated rings. The second kappa shape index (κ2) is 5.87. The number of rotatable bonds is 4. The third kappa shape index (κ3) is 2.83. The standard InChI is InChI=1S/C18H16O/c1-3-8-14(4-2)17-13-16(11-12-18(17)19)15-9-6-5-7-10-15/h3-13,19H,1-2H2/b14-8+. The molecule has 0 saturated heterocycles. The fourth-order valence-electron chi connectivity index (χ4n) is 1.97. The van der Waals surface area contributed by atoms with Gasteiger partial charge in [-0.15, -0.1) is 0 Å². The average Bonchev–Trinajstić information content (AvgIpc) is 2.46. The van der Waals surface area contributed by atoms with Crippen LogP contribution in [0.15, 0.2) is 79.9 Å². The van der Waals surface area contributed by atoms with Gasteiger partial charge < -0.3 is 5.11 Å². The molecule has 0 aliphatic heterocycles. The molecule has 0 saturated carbocycles. The minimum Gasteiger partial charge on any atom is -0.507 e. The van der Waals surface area contributed by atoms with Gasteiger partial charge in [0.1, 0.15) is 5.75 Å². The summed E-state index contributed by atoms with van der Waals surface area (Å²) in [6.45, 7) is 7.45. The van der Waals surface area contributed by atoms with Crippen molar-refractivity contribution in [3.05, 3.63) is 85.5 Å². The number of hydrogen-bond acceptors (Lipinski definition) is 1. The highest BCUT2D eigenvalue weighted by Gasteiger charge is 2.06. The van der Waals surface area contributed by atoms with Gasteiger partial charge in [-0.25, -0.2) is 0 Å². The Kier molecular flexibility index (Phi) is 3.99. The molecule has 2 aromatic carbocycles. The van der Waals surface area contributed by atoms with Crippen LogP contribution in [0.5, 0.6) is 5.75 Å². The second-order valence-electron chi connectivity index (χ2n) is 4.16. The predicted molar refractivity (Wildman–Crippen MR) is 81.9 cm³/mol. The third-order valence-corrected chi connectivity index (χ3v) is 2.93. The second-order valence-corrected chi connectivity index (χ2v) is 4.16. The van der Waals surface area contributed by atoms with Gasteiger partial charge >= 0.3 is 0 Å². The maximum absolute atomic E-state index is 9.99. The lowest BCUT2D eigenvalue weighted by atomic mass is 9.98. The molecule has 1 heteroatoms. The van der Waals surface area contributed by atoms with Crippen LogP contribution in [0.25, 0.3) is 16.7 Å². The molecule has 0 aliphatic rings. The summed E-state index contributed by atoms with van der Waals surface area (Å²) in [7, 11) is 0. The summed E-state index contributed by atoms with van der Waals surface area (Å²) in [6, 6.07) is 15.6. The first-order chi connectivity index (χ1) is 9.26. The first-order valence-electron chi connectivity index (χ1n) is 6.10. The van der Waals surface area contributed by atoms with E-state index in [1.165, 1.54) is 0 Å². The van der Waals surface area contributed by atoms with E-state index in [2.05, 4.69) is 13.2 Å². The van der Waals surface area contributed by atoms with Gasteiger partial charge in [-0.3, -0.25) is 0 Å². The maximum atomic E-state index is 9.99. The molecule has 94 valence electrons. The predicted octanol–water partition coefficient (Wildman–Crippen LogP) is 4.81. The zero-order valence-corrected chi connectivity index (χ0v) is 10.7. The topological polar surface area (TPSA) is 20.2 Å². The van der Waals surface area contributed by atoms with Crippen LogP contribution in [-0.4, -0.2) is 5.11 Å². The number of phenols is 1. The van der Waals surface area contributed by atoms with Gasteiger partial charge in [0.2, 0.25) is 0 Å².